The summed E-state index contributed by atoms with van der Waals surface area (Å²) in [6, 6.07) is 13.1. The normalized spacial score (nSPS) is 12.5. The third-order valence-corrected chi connectivity index (χ3v) is 5.93. The van der Waals surface area contributed by atoms with Gasteiger partial charge in [0.25, 0.3) is 0 Å². The standard InChI is InChI=1S/C22H29FN2O4S/c1-2-3-15-29-16-9-14-24-22(26)20(17-18-10-5-4-6-11-18)25-30(27,28)21-13-8-7-12-19(21)23/h4-8,10-13,20,25H,2-3,9,14-17H2,1H3,(H,24,26). The lowest BCUT2D eigenvalue weighted by molar-refractivity contribution is -0.122. The lowest BCUT2D eigenvalue weighted by atomic mass is 10.1. The summed E-state index contributed by atoms with van der Waals surface area (Å²) < 4.78 is 47.2. The van der Waals surface area contributed by atoms with Crippen LogP contribution in [0.4, 0.5) is 4.39 Å². The van der Waals surface area contributed by atoms with E-state index in [9.17, 15) is 17.6 Å². The number of hydrogen-bond donors (Lipinski definition) is 2. The van der Waals surface area contributed by atoms with Crippen LogP contribution in [0.25, 0.3) is 0 Å². The first-order valence-corrected chi connectivity index (χ1v) is 11.6. The third-order valence-electron chi connectivity index (χ3n) is 4.43. The van der Waals surface area contributed by atoms with Gasteiger partial charge in [-0.05, 0) is 37.0 Å². The molecule has 0 aromatic heterocycles. The number of unbranched alkanes of at least 4 members (excludes halogenated alkanes) is 1. The SMILES string of the molecule is CCCCOCCCNC(=O)C(Cc1ccccc1)NS(=O)(=O)c1ccccc1F. The number of carbonyl (C=O) groups excluding carboxylic acids is 1. The monoisotopic (exact) mass is 436 g/mol. The highest BCUT2D eigenvalue weighted by Crippen LogP contribution is 2.15. The zero-order valence-corrected chi connectivity index (χ0v) is 18.0. The molecule has 30 heavy (non-hydrogen) atoms. The van der Waals surface area contributed by atoms with Gasteiger partial charge in [0.1, 0.15) is 16.8 Å². The van der Waals surface area contributed by atoms with Gasteiger partial charge in [-0.15, -0.1) is 0 Å². The minimum absolute atomic E-state index is 0.146. The third kappa shape index (κ3) is 7.85. The fourth-order valence-electron chi connectivity index (χ4n) is 2.81. The van der Waals surface area contributed by atoms with E-state index in [0.717, 1.165) is 24.5 Å². The Kier molecular flexibility index (Phi) is 9.93. The Labute approximate surface area is 177 Å². The van der Waals surface area contributed by atoms with Crippen molar-refractivity contribution < 1.29 is 22.3 Å². The van der Waals surface area contributed by atoms with Crippen LogP contribution in [-0.2, 0) is 26.0 Å². The zero-order chi connectivity index (χ0) is 21.8. The quantitative estimate of drug-likeness (QED) is 0.473. The number of carbonyl (C=O) groups is 1. The number of hydrogen-bond acceptors (Lipinski definition) is 4. The molecule has 0 aliphatic heterocycles. The second kappa shape index (κ2) is 12.4. The van der Waals surface area contributed by atoms with E-state index in [-0.39, 0.29) is 6.42 Å². The Hall–Kier alpha value is -2.29. The maximum Gasteiger partial charge on any atom is 0.244 e. The number of amides is 1. The smallest absolute Gasteiger partial charge is 0.244 e. The van der Waals surface area contributed by atoms with Gasteiger partial charge in [0.05, 0.1) is 0 Å². The number of sulfonamides is 1. The van der Waals surface area contributed by atoms with Crippen molar-refractivity contribution in [3.63, 3.8) is 0 Å². The van der Waals surface area contributed by atoms with E-state index in [2.05, 4.69) is 17.0 Å². The first-order chi connectivity index (χ1) is 14.4. The summed E-state index contributed by atoms with van der Waals surface area (Å²) in [6.07, 6.45) is 2.81. The Morgan fingerprint density at radius 2 is 1.70 bits per heavy atom. The van der Waals surface area contributed by atoms with E-state index < -0.39 is 32.7 Å². The van der Waals surface area contributed by atoms with Crippen molar-refractivity contribution in [2.24, 2.45) is 0 Å². The van der Waals surface area contributed by atoms with Gasteiger partial charge in [0.15, 0.2) is 0 Å². The van der Waals surface area contributed by atoms with Crippen LogP contribution in [0.1, 0.15) is 31.7 Å². The van der Waals surface area contributed by atoms with E-state index in [1.807, 2.05) is 18.2 Å². The summed E-state index contributed by atoms with van der Waals surface area (Å²) in [7, 11) is -4.21. The Bertz CT molecular complexity index is 891. The molecule has 8 heteroatoms. The second-order valence-electron chi connectivity index (χ2n) is 6.90. The van der Waals surface area contributed by atoms with Crippen LogP contribution in [0.15, 0.2) is 59.5 Å². The minimum atomic E-state index is -4.21. The Balaban J connectivity index is 2.03. The van der Waals surface area contributed by atoms with Crippen LogP contribution < -0.4 is 10.0 Å². The fraction of sp³-hybridized carbons (Fsp3) is 0.409. The predicted octanol–water partition coefficient (Wildman–Crippen LogP) is 3.04. The summed E-state index contributed by atoms with van der Waals surface area (Å²) in [5, 5.41) is 2.74. The molecule has 0 radical (unpaired) electrons. The van der Waals surface area contributed by atoms with Crippen LogP contribution >= 0.6 is 0 Å². The molecule has 2 N–H and O–H groups in total. The molecule has 0 aliphatic carbocycles. The molecule has 2 aromatic rings. The van der Waals surface area contributed by atoms with Crippen molar-refractivity contribution in [1.82, 2.24) is 10.0 Å². The molecule has 1 amide bonds. The van der Waals surface area contributed by atoms with Crippen LogP contribution in [0.5, 0.6) is 0 Å². The molecule has 1 atom stereocenters. The molecule has 164 valence electrons. The lowest BCUT2D eigenvalue weighted by Crippen LogP contribution is -2.48. The van der Waals surface area contributed by atoms with Gasteiger partial charge < -0.3 is 10.1 Å². The van der Waals surface area contributed by atoms with Crippen LogP contribution in [0.2, 0.25) is 0 Å². The van der Waals surface area contributed by atoms with Crippen molar-refractivity contribution in [1.29, 1.82) is 0 Å². The largest absolute Gasteiger partial charge is 0.381 e. The summed E-state index contributed by atoms with van der Waals surface area (Å²) in [5.41, 5.74) is 0.789. The summed E-state index contributed by atoms with van der Waals surface area (Å²) >= 11 is 0. The predicted molar refractivity (Wildman–Crippen MR) is 114 cm³/mol. The average Bonchev–Trinajstić information content (AvgIpc) is 2.73. The molecular weight excluding hydrogens is 407 g/mol. The molecule has 0 spiro atoms. The first kappa shape index (κ1) is 24.0. The number of nitrogens with one attached hydrogen (secondary N) is 2. The maximum atomic E-state index is 14.0. The highest BCUT2D eigenvalue weighted by molar-refractivity contribution is 7.89. The van der Waals surface area contributed by atoms with Crippen molar-refractivity contribution >= 4 is 15.9 Å². The van der Waals surface area contributed by atoms with Crippen molar-refractivity contribution in [2.75, 3.05) is 19.8 Å². The maximum absolute atomic E-state index is 14.0. The fourth-order valence-corrected chi connectivity index (χ4v) is 4.08. The molecule has 2 rings (SSSR count). The molecular formula is C22H29FN2O4S. The van der Waals surface area contributed by atoms with Gasteiger partial charge in [0.2, 0.25) is 15.9 Å². The van der Waals surface area contributed by atoms with Gasteiger partial charge in [-0.3, -0.25) is 4.79 Å². The number of ether oxygens (including phenoxy) is 1. The summed E-state index contributed by atoms with van der Waals surface area (Å²) in [6.45, 7) is 3.64. The van der Waals surface area contributed by atoms with E-state index in [4.69, 9.17) is 4.74 Å². The lowest BCUT2D eigenvalue weighted by Gasteiger charge is -2.19. The van der Waals surface area contributed by atoms with Crippen LogP contribution in [0.3, 0.4) is 0 Å². The van der Waals surface area contributed by atoms with E-state index in [1.54, 1.807) is 12.1 Å². The molecule has 0 fully saturated rings. The highest BCUT2D eigenvalue weighted by Gasteiger charge is 2.27. The van der Waals surface area contributed by atoms with Gasteiger partial charge in [-0.25, -0.2) is 12.8 Å². The van der Waals surface area contributed by atoms with Crippen LogP contribution in [-0.4, -0.2) is 40.1 Å². The molecule has 0 heterocycles. The Morgan fingerprint density at radius 3 is 2.40 bits per heavy atom. The van der Waals surface area contributed by atoms with Gasteiger partial charge in [-0.1, -0.05) is 55.8 Å². The van der Waals surface area contributed by atoms with Gasteiger partial charge in [-0.2, -0.15) is 4.72 Å². The van der Waals surface area contributed by atoms with E-state index >= 15 is 0 Å². The number of benzene rings is 2. The van der Waals surface area contributed by atoms with E-state index in [1.165, 1.54) is 18.2 Å². The number of rotatable bonds is 13. The van der Waals surface area contributed by atoms with Gasteiger partial charge >= 0.3 is 0 Å². The molecule has 6 nitrogen and oxygen atoms in total. The first-order valence-electron chi connectivity index (χ1n) is 10.1. The number of halogens is 1. The summed E-state index contributed by atoms with van der Waals surface area (Å²) in [4.78, 5) is 12.2. The van der Waals surface area contributed by atoms with Crippen molar-refractivity contribution in [3.05, 3.63) is 66.0 Å². The summed E-state index contributed by atoms with van der Waals surface area (Å²) in [5.74, 6) is -1.33. The molecule has 0 aliphatic rings. The Morgan fingerprint density at radius 1 is 1.03 bits per heavy atom. The van der Waals surface area contributed by atoms with Gasteiger partial charge in [0, 0.05) is 19.8 Å². The minimum Gasteiger partial charge on any atom is -0.381 e. The van der Waals surface area contributed by atoms with Crippen molar-refractivity contribution in [3.8, 4) is 0 Å². The molecule has 2 aromatic carbocycles. The molecule has 0 saturated heterocycles. The van der Waals surface area contributed by atoms with E-state index in [0.29, 0.717) is 26.2 Å². The topological polar surface area (TPSA) is 84.5 Å². The van der Waals surface area contributed by atoms with Crippen LogP contribution in [0, 0.1) is 5.82 Å². The second-order valence-corrected chi connectivity index (χ2v) is 8.59. The molecule has 1 unspecified atom stereocenters. The molecule has 0 saturated carbocycles. The average molecular weight is 437 g/mol. The molecule has 0 bridgehead atoms. The zero-order valence-electron chi connectivity index (χ0n) is 17.1. The van der Waals surface area contributed by atoms with Crippen molar-refractivity contribution in [2.45, 2.75) is 43.5 Å². The highest BCUT2D eigenvalue weighted by atomic mass is 32.2.